The van der Waals surface area contributed by atoms with E-state index in [2.05, 4.69) is 19.2 Å². The third-order valence-corrected chi connectivity index (χ3v) is 9.87. The lowest BCUT2D eigenvalue weighted by atomic mass is 9.99. The van der Waals surface area contributed by atoms with Crippen molar-refractivity contribution in [2.45, 2.75) is 104 Å². The fourth-order valence-corrected chi connectivity index (χ4v) is 6.87. The Morgan fingerprint density at radius 3 is 2.30 bits per heavy atom. The molecule has 0 aromatic heterocycles. The van der Waals surface area contributed by atoms with Gasteiger partial charge in [-0.25, -0.2) is 9.59 Å². The van der Waals surface area contributed by atoms with Crippen LogP contribution in [0.3, 0.4) is 0 Å². The van der Waals surface area contributed by atoms with E-state index in [-0.39, 0.29) is 57.3 Å². The van der Waals surface area contributed by atoms with Gasteiger partial charge in [0.05, 0.1) is 51.0 Å². The molecule has 0 spiro atoms. The zero-order valence-electron chi connectivity index (χ0n) is 29.0. The summed E-state index contributed by atoms with van der Waals surface area (Å²) in [6.07, 6.45) is -0.802. The van der Waals surface area contributed by atoms with Crippen LogP contribution in [0.25, 0.3) is 0 Å². The number of alkyl carbamates (subject to hydrolysis) is 1. The van der Waals surface area contributed by atoms with Crippen LogP contribution in [0.5, 0.6) is 5.75 Å². The van der Waals surface area contributed by atoms with E-state index in [1.54, 1.807) is 58.9 Å². The number of ether oxygens (including phenoxy) is 5. The molecule has 2 saturated heterocycles. The quantitative estimate of drug-likeness (QED) is 0.183. The first-order chi connectivity index (χ1) is 22.3. The Bertz CT molecular complexity index is 1150. The fraction of sp³-hybridized carbons (Fsp3) is 0.758. The molecule has 0 saturated carbocycles. The van der Waals surface area contributed by atoms with Crippen molar-refractivity contribution in [2.24, 2.45) is 11.8 Å². The number of hydrogen-bond donors (Lipinski definition) is 2. The van der Waals surface area contributed by atoms with Crippen LogP contribution in [-0.2, 0) is 39.0 Å². The van der Waals surface area contributed by atoms with Gasteiger partial charge in [0.2, 0.25) is 0 Å². The van der Waals surface area contributed by atoms with Gasteiger partial charge in [-0.1, -0.05) is 38.8 Å². The second-order valence-electron chi connectivity index (χ2n) is 12.9. The van der Waals surface area contributed by atoms with Gasteiger partial charge in [0.25, 0.3) is 0 Å². The normalized spacial score (nSPS) is 20.8. The standard InChI is InChI=1S/C33H55N2O11P/c1-8-23(9-2)19-35(32(38)46-33(5,6)7)20-28(36)27(34-31(37)45-29-21-41-30-26(29)16-17-40-30)18-24-12-14-25(15-13-24)42-22-47(39,43-10-3)44-11-4/h12-15,23,26-30,36H,8-11,16-22H2,1-7H3,(H,34,37)/t26-,27-,28+,29-,30+/m0/s1. The highest BCUT2D eigenvalue weighted by Gasteiger charge is 2.44. The van der Waals surface area contributed by atoms with E-state index in [0.29, 0.717) is 18.9 Å². The molecular formula is C33H55N2O11P. The van der Waals surface area contributed by atoms with Crippen LogP contribution in [0.1, 0.15) is 73.3 Å². The Hall–Kier alpha value is -2.41. The van der Waals surface area contributed by atoms with Crippen molar-refractivity contribution in [3.63, 3.8) is 0 Å². The second kappa shape index (κ2) is 18.4. The molecule has 2 fully saturated rings. The summed E-state index contributed by atoms with van der Waals surface area (Å²) < 4.78 is 51.6. The predicted molar refractivity (Wildman–Crippen MR) is 175 cm³/mol. The Morgan fingerprint density at radius 2 is 1.70 bits per heavy atom. The van der Waals surface area contributed by atoms with Crippen molar-refractivity contribution in [1.82, 2.24) is 10.2 Å². The zero-order chi connectivity index (χ0) is 34.6. The molecule has 0 bridgehead atoms. The molecule has 2 N–H and O–H groups in total. The molecular weight excluding hydrogens is 631 g/mol. The molecule has 268 valence electrons. The summed E-state index contributed by atoms with van der Waals surface area (Å²) in [6.45, 7) is 14.5. The summed E-state index contributed by atoms with van der Waals surface area (Å²) in [6, 6.07) is 6.16. The Kier molecular flexibility index (Phi) is 15.3. The molecule has 2 aliphatic heterocycles. The number of aliphatic hydroxyl groups excluding tert-OH is 1. The molecule has 0 aliphatic carbocycles. The number of rotatable bonds is 18. The number of hydrogen-bond acceptors (Lipinski definition) is 11. The van der Waals surface area contributed by atoms with Gasteiger partial charge in [-0.15, -0.1) is 0 Å². The molecule has 14 heteroatoms. The lowest BCUT2D eigenvalue weighted by molar-refractivity contribution is -0.0907. The molecule has 1 aromatic rings. The van der Waals surface area contributed by atoms with Gasteiger partial charge < -0.3 is 48.1 Å². The van der Waals surface area contributed by atoms with Gasteiger partial charge in [-0.05, 0) is 71.1 Å². The zero-order valence-corrected chi connectivity index (χ0v) is 29.9. The summed E-state index contributed by atoms with van der Waals surface area (Å²) in [5.74, 6) is 0.622. The average Bonchev–Trinajstić information content (AvgIpc) is 3.63. The second-order valence-corrected chi connectivity index (χ2v) is 14.9. The number of amides is 2. The number of aliphatic hydroxyl groups is 1. The Labute approximate surface area is 279 Å². The van der Waals surface area contributed by atoms with E-state index in [4.69, 9.17) is 32.7 Å². The molecule has 2 amide bonds. The van der Waals surface area contributed by atoms with Crippen LogP contribution in [0, 0.1) is 11.8 Å². The van der Waals surface area contributed by atoms with Crippen LogP contribution < -0.4 is 10.1 Å². The minimum absolute atomic E-state index is 0.0416. The van der Waals surface area contributed by atoms with Gasteiger partial charge in [0, 0.05) is 6.54 Å². The summed E-state index contributed by atoms with van der Waals surface area (Å²) >= 11 is 0. The number of fused-ring (bicyclic) bond motifs is 1. The van der Waals surface area contributed by atoms with E-state index in [0.717, 1.165) is 24.8 Å². The van der Waals surface area contributed by atoms with Crippen LogP contribution in [0.4, 0.5) is 9.59 Å². The first kappa shape index (κ1) is 39.0. The van der Waals surface area contributed by atoms with E-state index < -0.39 is 43.6 Å². The first-order valence-electron chi connectivity index (χ1n) is 16.8. The molecule has 3 rings (SSSR count). The van der Waals surface area contributed by atoms with Crippen molar-refractivity contribution in [3.05, 3.63) is 29.8 Å². The molecule has 1 aromatic carbocycles. The molecule has 2 aliphatic rings. The Morgan fingerprint density at radius 1 is 1.04 bits per heavy atom. The van der Waals surface area contributed by atoms with E-state index in [1.165, 1.54) is 4.90 Å². The van der Waals surface area contributed by atoms with Crippen LogP contribution in [0.15, 0.2) is 24.3 Å². The topological polar surface area (TPSA) is 151 Å². The maximum Gasteiger partial charge on any atom is 0.410 e. The molecule has 5 atom stereocenters. The number of carbonyl (C=O) groups is 2. The summed E-state index contributed by atoms with van der Waals surface area (Å²) in [7, 11) is -3.39. The maximum atomic E-state index is 13.3. The third kappa shape index (κ3) is 12.5. The van der Waals surface area contributed by atoms with Crippen molar-refractivity contribution < 1.29 is 52.0 Å². The van der Waals surface area contributed by atoms with Crippen molar-refractivity contribution in [1.29, 1.82) is 0 Å². The Balaban J connectivity index is 1.76. The minimum Gasteiger partial charge on any atom is -0.481 e. The highest BCUT2D eigenvalue weighted by atomic mass is 31.2. The van der Waals surface area contributed by atoms with Gasteiger partial charge in [-0.2, -0.15) is 0 Å². The van der Waals surface area contributed by atoms with Crippen molar-refractivity contribution in [3.8, 4) is 5.75 Å². The highest BCUT2D eigenvalue weighted by Crippen LogP contribution is 2.47. The van der Waals surface area contributed by atoms with E-state index in [9.17, 15) is 19.3 Å². The lowest BCUT2D eigenvalue weighted by Gasteiger charge is -2.33. The van der Waals surface area contributed by atoms with E-state index in [1.807, 2.05) is 0 Å². The van der Waals surface area contributed by atoms with Crippen molar-refractivity contribution in [2.75, 3.05) is 45.9 Å². The molecule has 47 heavy (non-hydrogen) atoms. The largest absolute Gasteiger partial charge is 0.481 e. The van der Waals surface area contributed by atoms with Gasteiger partial charge in [0.1, 0.15) is 17.5 Å². The predicted octanol–water partition coefficient (Wildman–Crippen LogP) is 5.72. The highest BCUT2D eigenvalue weighted by molar-refractivity contribution is 7.53. The lowest BCUT2D eigenvalue weighted by Crippen LogP contribution is -2.52. The average molecular weight is 687 g/mol. The monoisotopic (exact) mass is 686 g/mol. The minimum atomic E-state index is -3.39. The van der Waals surface area contributed by atoms with Gasteiger partial charge in [0.15, 0.2) is 12.6 Å². The summed E-state index contributed by atoms with van der Waals surface area (Å²) in [4.78, 5) is 28.0. The molecule has 2 heterocycles. The van der Waals surface area contributed by atoms with Crippen molar-refractivity contribution >= 4 is 19.8 Å². The summed E-state index contributed by atoms with van der Waals surface area (Å²) in [5, 5.41) is 14.4. The van der Waals surface area contributed by atoms with Crippen LogP contribution in [0.2, 0.25) is 0 Å². The molecule has 13 nitrogen and oxygen atoms in total. The number of nitrogens with one attached hydrogen (secondary N) is 1. The molecule has 0 radical (unpaired) electrons. The third-order valence-electron chi connectivity index (χ3n) is 8.12. The molecule has 0 unspecified atom stereocenters. The maximum absolute atomic E-state index is 13.3. The fourth-order valence-electron chi connectivity index (χ4n) is 5.55. The smallest absolute Gasteiger partial charge is 0.410 e. The SMILES string of the molecule is CCOP(=O)(COc1ccc(C[C@H](NC(=O)O[C@H]2CO[C@H]3OCC[C@H]32)[C@H](O)CN(CC(CC)CC)C(=O)OC(C)(C)C)cc1)OCC. The van der Waals surface area contributed by atoms with Gasteiger partial charge in [-0.3, -0.25) is 4.57 Å². The number of carbonyl (C=O) groups excluding carboxylic acids is 2. The number of nitrogens with zero attached hydrogens (tertiary/aromatic N) is 1. The van der Waals surface area contributed by atoms with E-state index >= 15 is 0 Å². The van der Waals surface area contributed by atoms with Gasteiger partial charge >= 0.3 is 19.8 Å². The van der Waals surface area contributed by atoms with Crippen LogP contribution >= 0.6 is 7.60 Å². The number of benzene rings is 1. The van der Waals surface area contributed by atoms with Crippen LogP contribution in [-0.4, -0.2) is 98.2 Å². The first-order valence-corrected chi connectivity index (χ1v) is 18.5. The summed E-state index contributed by atoms with van der Waals surface area (Å²) in [5.41, 5.74) is 0.0563.